The first kappa shape index (κ1) is 25.3. The van der Waals surface area contributed by atoms with Gasteiger partial charge in [0.15, 0.2) is 0 Å². The van der Waals surface area contributed by atoms with E-state index in [0.717, 1.165) is 42.9 Å². The normalized spacial score (nSPS) is 23.2. The van der Waals surface area contributed by atoms with E-state index in [4.69, 9.17) is 14.2 Å². The van der Waals surface area contributed by atoms with Gasteiger partial charge in [-0.2, -0.15) is 0 Å². The van der Waals surface area contributed by atoms with Crippen LogP contribution >= 0.6 is 0 Å². The maximum Gasteiger partial charge on any atom is 0.295 e. The fraction of sp³-hybridized carbons (Fsp3) is 0.448. The molecular weight excluding hydrogens is 472 g/mol. The molecule has 2 saturated heterocycles. The van der Waals surface area contributed by atoms with Crippen molar-refractivity contribution in [2.75, 3.05) is 46.0 Å². The van der Waals surface area contributed by atoms with E-state index in [1.807, 2.05) is 50.2 Å². The number of benzene rings is 2. The Bertz CT molecular complexity index is 1200. The highest BCUT2D eigenvalue weighted by Gasteiger charge is 2.46. The van der Waals surface area contributed by atoms with Crippen molar-refractivity contribution in [2.45, 2.75) is 38.8 Å². The number of aliphatic hydroxyl groups excluding tert-OH is 1. The van der Waals surface area contributed by atoms with E-state index < -0.39 is 17.7 Å². The van der Waals surface area contributed by atoms with Crippen molar-refractivity contribution in [3.8, 4) is 11.5 Å². The van der Waals surface area contributed by atoms with Crippen LogP contribution in [-0.2, 0) is 20.7 Å². The molecule has 0 aromatic heterocycles. The number of hydrogen-bond acceptors (Lipinski definition) is 7. The Hall–Kier alpha value is -3.36. The highest BCUT2D eigenvalue weighted by Crippen LogP contribution is 2.41. The Morgan fingerprint density at radius 2 is 1.92 bits per heavy atom. The first-order valence-corrected chi connectivity index (χ1v) is 13.1. The minimum absolute atomic E-state index is 0.0609. The minimum atomic E-state index is -0.700. The lowest BCUT2D eigenvalue weighted by molar-refractivity contribution is -0.140. The van der Waals surface area contributed by atoms with Crippen LogP contribution in [0.25, 0.3) is 5.76 Å². The third-order valence-electron chi connectivity index (χ3n) is 7.17. The zero-order valence-corrected chi connectivity index (χ0v) is 21.4. The van der Waals surface area contributed by atoms with Gasteiger partial charge in [0.1, 0.15) is 23.4 Å². The van der Waals surface area contributed by atoms with E-state index in [-0.39, 0.29) is 17.4 Å². The zero-order valence-electron chi connectivity index (χ0n) is 21.4. The third-order valence-corrected chi connectivity index (χ3v) is 7.17. The average Bonchev–Trinajstić information content (AvgIpc) is 3.40. The molecule has 2 aromatic rings. The van der Waals surface area contributed by atoms with Crippen LogP contribution in [0.5, 0.6) is 11.5 Å². The van der Waals surface area contributed by atoms with E-state index in [0.29, 0.717) is 44.1 Å². The monoisotopic (exact) mass is 506 g/mol. The van der Waals surface area contributed by atoms with Gasteiger partial charge in [0.2, 0.25) is 0 Å². The average molecular weight is 507 g/mol. The Morgan fingerprint density at radius 3 is 2.70 bits per heavy atom. The first-order chi connectivity index (χ1) is 18.0. The molecule has 37 heavy (non-hydrogen) atoms. The van der Waals surface area contributed by atoms with Gasteiger partial charge in [0.05, 0.1) is 31.4 Å². The molecular formula is C29H34N2O6. The molecule has 0 radical (unpaired) electrons. The Kier molecular flexibility index (Phi) is 7.48. The summed E-state index contributed by atoms with van der Waals surface area (Å²) in [6, 6.07) is 12.1. The Balaban J connectivity index is 1.49. The number of hydrogen-bond donors (Lipinski definition) is 1. The van der Waals surface area contributed by atoms with Gasteiger partial charge < -0.3 is 24.2 Å². The predicted octanol–water partition coefficient (Wildman–Crippen LogP) is 3.55. The third kappa shape index (κ3) is 5.22. The summed E-state index contributed by atoms with van der Waals surface area (Å²) in [6.07, 6.45) is 1.50. The highest BCUT2D eigenvalue weighted by molar-refractivity contribution is 6.46. The van der Waals surface area contributed by atoms with Gasteiger partial charge >= 0.3 is 0 Å². The molecule has 8 nitrogen and oxygen atoms in total. The van der Waals surface area contributed by atoms with Crippen LogP contribution in [0.4, 0.5) is 0 Å². The molecule has 2 atom stereocenters. The molecule has 0 spiro atoms. The minimum Gasteiger partial charge on any atom is -0.507 e. The van der Waals surface area contributed by atoms with E-state index in [1.54, 1.807) is 11.0 Å². The summed E-state index contributed by atoms with van der Waals surface area (Å²) in [5.41, 5.74) is 2.33. The van der Waals surface area contributed by atoms with Gasteiger partial charge in [0.25, 0.3) is 11.7 Å². The smallest absolute Gasteiger partial charge is 0.295 e. The van der Waals surface area contributed by atoms with Gasteiger partial charge in [-0.15, -0.1) is 0 Å². The molecule has 2 aromatic carbocycles. The van der Waals surface area contributed by atoms with E-state index in [2.05, 4.69) is 4.90 Å². The summed E-state index contributed by atoms with van der Waals surface area (Å²) in [7, 11) is 0. The topological polar surface area (TPSA) is 88.5 Å². The number of ether oxygens (including phenoxy) is 3. The van der Waals surface area contributed by atoms with Crippen LogP contribution in [-0.4, -0.2) is 78.7 Å². The molecule has 3 aliphatic heterocycles. The van der Waals surface area contributed by atoms with Crippen molar-refractivity contribution in [1.29, 1.82) is 0 Å². The Labute approximate surface area is 217 Å². The summed E-state index contributed by atoms with van der Waals surface area (Å²) in [5.74, 6) is 0.0219. The number of ketones is 1. The van der Waals surface area contributed by atoms with Crippen molar-refractivity contribution in [2.24, 2.45) is 0 Å². The van der Waals surface area contributed by atoms with Gasteiger partial charge in [-0.25, -0.2) is 0 Å². The highest BCUT2D eigenvalue weighted by atomic mass is 16.5. The molecule has 0 saturated carbocycles. The number of carbonyl (C=O) groups excluding carboxylic acids is 2. The van der Waals surface area contributed by atoms with Gasteiger partial charge in [0, 0.05) is 38.2 Å². The van der Waals surface area contributed by atoms with E-state index in [9.17, 15) is 14.7 Å². The number of Topliss-reactive ketones (excluding diaryl/α,β-unsaturated/α-hetero) is 1. The number of fused-ring (bicyclic) bond motifs is 1. The summed E-state index contributed by atoms with van der Waals surface area (Å²) in [6.45, 7) is 8.74. The Morgan fingerprint density at radius 1 is 1.11 bits per heavy atom. The summed E-state index contributed by atoms with van der Waals surface area (Å²) in [4.78, 5) is 30.6. The number of nitrogens with zero attached hydrogens (tertiary/aromatic N) is 2. The molecule has 0 unspecified atom stereocenters. The van der Waals surface area contributed by atoms with Gasteiger partial charge in [-0.3, -0.25) is 14.5 Å². The van der Waals surface area contributed by atoms with E-state index in [1.165, 1.54) is 0 Å². The fourth-order valence-electron chi connectivity index (χ4n) is 5.41. The van der Waals surface area contributed by atoms with Crippen LogP contribution in [0.15, 0.2) is 48.0 Å². The molecule has 3 heterocycles. The molecule has 1 amide bonds. The molecule has 1 N–H and O–H groups in total. The molecule has 8 heteroatoms. The van der Waals surface area contributed by atoms with Gasteiger partial charge in [-0.05, 0) is 61.7 Å². The van der Waals surface area contributed by atoms with Crippen LogP contribution in [0.1, 0.15) is 43.0 Å². The second kappa shape index (κ2) is 10.9. The second-order valence-corrected chi connectivity index (χ2v) is 9.76. The number of carbonyl (C=O) groups is 2. The van der Waals surface area contributed by atoms with Crippen LogP contribution in [0, 0.1) is 0 Å². The van der Waals surface area contributed by atoms with Gasteiger partial charge in [-0.1, -0.05) is 12.1 Å². The van der Waals surface area contributed by atoms with Crippen LogP contribution in [0.3, 0.4) is 0 Å². The molecule has 196 valence electrons. The fourth-order valence-corrected chi connectivity index (χ4v) is 5.41. The largest absolute Gasteiger partial charge is 0.507 e. The summed E-state index contributed by atoms with van der Waals surface area (Å²) >= 11 is 0. The lowest BCUT2D eigenvalue weighted by Crippen LogP contribution is -2.38. The number of amides is 1. The van der Waals surface area contributed by atoms with Crippen molar-refractivity contribution >= 4 is 17.4 Å². The number of morpholine rings is 1. The molecule has 2 fully saturated rings. The number of aliphatic hydroxyl groups is 1. The SMILES string of the molecule is CCOc1cccc([C@H]2/C(=C(\O)c3ccc4c(c3)C[C@H](C)O4)C(=O)C(=O)N2CCCN2CCOCC2)c1. The number of likely N-dealkylation sites (tertiary alicyclic amines) is 1. The summed E-state index contributed by atoms with van der Waals surface area (Å²) < 4.78 is 16.9. The molecule has 3 aliphatic rings. The quantitative estimate of drug-likeness (QED) is 0.333. The number of rotatable bonds is 8. The van der Waals surface area contributed by atoms with Crippen LogP contribution in [0.2, 0.25) is 0 Å². The predicted molar refractivity (Wildman–Crippen MR) is 139 cm³/mol. The second-order valence-electron chi connectivity index (χ2n) is 9.76. The zero-order chi connectivity index (χ0) is 25.9. The summed E-state index contributed by atoms with van der Waals surface area (Å²) in [5, 5.41) is 11.4. The maximum absolute atomic E-state index is 13.4. The lowest BCUT2D eigenvalue weighted by Gasteiger charge is -2.29. The van der Waals surface area contributed by atoms with Crippen molar-refractivity contribution in [3.63, 3.8) is 0 Å². The maximum atomic E-state index is 13.4. The van der Waals surface area contributed by atoms with Crippen molar-refractivity contribution in [1.82, 2.24) is 9.80 Å². The first-order valence-electron chi connectivity index (χ1n) is 13.1. The van der Waals surface area contributed by atoms with E-state index >= 15 is 0 Å². The standard InChI is InChI=1S/C29H34N2O6/c1-3-36-23-7-4-6-20(18-23)26-25(27(32)21-8-9-24-22(17-21)16-19(2)37-24)28(33)29(34)31(26)11-5-10-30-12-14-35-15-13-30/h4,6-9,17-19,26,32H,3,5,10-16H2,1-2H3/b27-25+/t19-,26-/m0/s1. The molecule has 5 rings (SSSR count). The van der Waals surface area contributed by atoms with Crippen molar-refractivity contribution in [3.05, 3.63) is 64.7 Å². The lowest BCUT2D eigenvalue weighted by atomic mass is 9.94. The molecule has 0 bridgehead atoms. The van der Waals surface area contributed by atoms with Crippen LogP contribution < -0.4 is 9.47 Å². The molecule has 0 aliphatic carbocycles. The van der Waals surface area contributed by atoms with Crippen molar-refractivity contribution < 1.29 is 28.9 Å².